The molecule has 0 unspecified atom stereocenters. The van der Waals surface area contributed by atoms with Crippen molar-refractivity contribution in [1.29, 1.82) is 0 Å². The standard InChI is InChI=1S/C48H84N2/c1-3-5-7-9-11-13-15-17-19-21-23-25-27-29-31-33-41-49-43-37-47(38-44-49)35-36-48-39-45-50(46-40-48)42-34-32-30-28-26-24-22-20-18-16-14-12-10-8-6-4-2/h35-40,43-46H,3-34,41-42H2,1-2H3/q+2/b36-35+. The first kappa shape index (κ1) is 44.2. The molecule has 0 spiro atoms. The summed E-state index contributed by atoms with van der Waals surface area (Å²) in [5.74, 6) is 0. The van der Waals surface area contributed by atoms with Gasteiger partial charge in [0.2, 0.25) is 0 Å². The van der Waals surface area contributed by atoms with Crippen LogP contribution in [0.15, 0.2) is 49.1 Å². The van der Waals surface area contributed by atoms with E-state index >= 15 is 0 Å². The Balaban J connectivity index is 1.40. The van der Waals surface area contributed by atoms with Crippen LogP contribution < -0.4 is 9.13 Å². The van der Waals surface area contributed by atoms with Gasteiger partial charge in [0.25, 0.3) is 0 Å². The number of unbranched alkanes of at least 4 members (excludes halogenated alkanes) is 30. The van der Waals surface area contributed by atoms with E-state index in [9.17, 15) is 0 Å². The van der Waals surface area contributed by atoms with Crippen LogP contribution in [0.5, 0.6) is 0 Å². The second-order valence-corrected chi connectivity index (χ2v) is 15.7. The largest absolute Gasteiger partial charge is 0.205 e. The number of pyridine rings is 2. The van der Waals surface area contributed by atoms with E-state index < -0.39 is 0 Å². The van der Waals surface area contributed by atoms with Gasteiger partial charge in [-0.15, -0.1) is 0 Å². The van der Waals surface area contributed by atoms with Crippen LogP contribution in [0, 0.1) is 0 Å². The summed E-state index contributed by atoms with van der Waals surface area (Å²) >= 11 is 0. The predicted molar refractivity (Wildman–Crippen MR) is 221 cm³/mol. The number of rotatable bonds is 36. The molecule has 0 aromatic carbocycles. The Hall–Kier alpha value is -1.96. The van der Waals surface area contributed by atoms with Gasteiger partial charge in [-0.1, -0.05) is 206 Å². The van der Waals surface area contributed by atoms with E-state index in [2.05, 4.69) is 84.2 Å². The minimum absolute atomic E-state index is 1.14. The Morgan fingerprint density at radius 3 is 0.720 bits per heavy atom. The smallest absolute Gasteiger partial charge is 0.169 e. The summed E-state index contributed by atoms with van der Waals surface area (Å²) in [4.78, 5) is 0. The Kier molecular flexibility index (Phi) is 30.2. The third-order valence-electron chi connectivity index (χ3n) is 10.8. The highest BCUT2D eigenvalue weighted by Gasteiger charge is 2.03. The molecule has 2 heteroatoms. The van der Waals surface area contributed by atoms with Crippen molar-refractivity contribution < 1.29 is 9.13 Å². The molecule has 0 radical (unpaired) electrons. The van der Waals surface area contributed by atoms with Gasteiger partial charge in [0.05, 0.1) is 0 Å². The molecule has 2 aromatic heterocycles. The third-order valence-corrected chi connectivity index (χ3v) is 10.8. The molecule has 2 nitrogen and oxygen atoms in total. The lowest BCUT2D eigenvalue weighted by molar-refractivity contribution is -0.697. The molecular formula is C48H84N2+2. The highest BCUT2D eigenvalue weighted by Crippen LogP contribution is 2.15. The zero-order chi connectivity index (χ0) is 35.4. The maximum Gasteiger partial charge on any atom is 0.169 e. The van der Waals surface area contributed by atoms with Gasteiger partial charge < -0.3 is 0 Å². The second-order valence-electron chi connectivity index (χ2n) is 15.7. The maximum absolute atomic E-state index is 2.35. The molecule has 2 aromatic rings. The molecule has 0 fully saturated rings. The van der Waals surface area contributed by atoms with Crippen LogP contribution in [0.4, 0.5) is 0 Å². The lowest BCUT2D eigenvalue weighted by Gasteiger charge is -2.03. The quantitative estimate of drug-likeness (QED) is 0.0497. The first-order valence-electron chi connectivity index (χ1n) is 22.5. The van der Waals surface area contributed by atoms with Gasteiger partial charge in [-0.05, 0) is 24.0 Å². The summed E-state index contributed by atoms with van der Waals surface area (Å²) in [6.07, 6.45) is 59.2. The number of hydrogen-bond donors (Lipinski definition) is 0. The molecule has 2 rings (SSSR count). The highest BCUT2D eigenvalue weighted by atomic mass is 14.9. The predicted octanol–water partition coefficient (Wildman–Crippen LogP) is 15.0. The minimum atomic E-state index is 1.14. The fourth-order valence-electron chi connectivity index (χ4n) is 7.34. The maximum atomic E-state index is 2.35. The molecule has 0 aliphatic heterocycles. The van der Waals surface area contributed by atoms with Crippen molar-refractivity contribution in [2.45, 2.75) is 232 Å². The van der Waals surface area contributed by atoms with Crippen molar-refractivity contribution >= 4 is 12.2 Å². The van der Waals surface area contributed by atoms with Crippen molar-refractivity contribution in [3.8, 4) is 0 Å². The number of hydrogen-bond acceptors (Lipinski definition) is 0. The van der Waals surface area contributed by atoms with Gasteiger partial charge >= 0.3 is 0 Å². The zero-order valence-corrected chi connectivity index (χ0v) is 33.7. The summed E-state index contributed by atoms with van der Waals surface area (Å²) in [6, 6.07) is 9.01. The van der Waals surface area contributed by atoms with Crippen molar-refractivity contribution in [3.63, 3.8) is 0 Å². The van der Waals surface area contributed by atoms with E-state index in [0.29, 0.717) is 0 Å². The molecule has 2 heterocycles. The number of aromatic nitrogens is 2. The summed E-state index contributed by atoms with van der Waals surface area (Å²) < 4.78 is 4.70. The van der Waals surface area contributed by atoms with E-state index in [4.69, 9.17) is 0 Å². The average molecular weight is 689 g/mol. The Labute approximate surface area is 313 Å². The van der Waals surface area contributed by atoms with Crippen molar-refractivity contribution in [2.75, 3.05) is 0 Å². The summed E-state index contributed by atoms with van der Waals surface area (Å²) in [5.41, 5.74) is 2.55. The Morgan fingerprint density at radius 2 is 0.500 bits per heavy atom. The molecule has 0 bridgehead atoms. The van der Waals surface area contributed by atoms with Gasteiger partial charge in [-0.25, -0.2) is 9.13 Å². The zero-order valence-electron chi connectivity index (χ0n) is 33.7. The van der Waals surface area contributed by atoms with E-state index in [1.165, 1.54) is 217 Å². The van der Waals surface area contributed by atoms with E-state index in [1.807, 2.05) is 0 Å². The average Bonchev–Trinajstić information content (AvgIpc) is 3.14. The molecule has 0 saturated carbocycles. The van der Waals surface area contributed by atoms with Crippen LogP contribution in [-0.4, -0.2) is 0 Å². The lowest BCUT2D eigenvalue weighted by atomic mass is 10.0. The van der Waals surface area contributed by atoms with Gasteiger partial charge in [0.15, 0.2) is 24.8 Å². The normalized spacial score (nSPS) is 11.6. The van der Waals surface area contributed by atoms with Crippen LogP contribution in [-0.2, 0) is 13.1 Å². The van der Waals surface area contributed by atoms with Crippen molar-refractivity contribution in [3.05, 3.63) is 60.2 Å². The first-order chi connectivity index (χ1) is 24.8. The molecule has 0 aliphatic rings. The molecule has 0 atom stereocenters. The number of nitrogens with zero attached hydrogens (tertiary/aromatic N) is 2. The van der Waals surface area contributed by atoms with Gasteiger partial charge in [0, 0.05) is 37.1 Å². The molecular weight excluding hydrogens is 605 g/mol. The fourth-order valence-corrected chi connectivity index (χ4v) is 7.34. The minimum Gasteiger partial charge on any atom is -0.205 e. The molecule has 0 N–H and O–H groups in total. The molecule has 0 saturated heterocycles. The van der Waals surface area contributed by atoms with Gasteiger partial charge in [-0.2, -0.15) is 0 Å². The van der Waals surface area contributed by atoms with Gasteiger partial charge in [0.1, 0.15) is 13.1 Å². The van der Waals surface area contributed by atoms with Crippen LogP contribution >= 0.6 is 0 Å². The van der Waals surface area contributed by atoms with E-state index in [-0.39, 0.29) is 0 Å². The number of aryl methyl sites for hydroxylation is 2. The molecule has 0 aliphatic carbocycles. The summed E-state index contributed by atoms with van der Waals surface area (Å²) in [6.45, 7) is 6.89. The topological polar surface area (TPSA) is 7.76 Å². The second kappa shape index (κ2) is 34.1. The van der Waals surface area contributed by atoms with Crippen LogP contribution in [0.3, 0.4) is 0 Å². The molecule has 284 valence electrons. The first-order valence-corrected chi connectivity index (χ1v) is 22.5. The monoisotopic (exact) mass is 689 g/mol. The van der Waals surface area contributed by atoms with E-state index in [0.717, 1.165) is 13.1 Å². The Morgan fingerprint density at radius 1 is 0.300 bits per heavy atom. The van der Waals surface area contributed by atoms with Crippen LogP contribution in [0.25, 0.3) is 12.2 Å². The summed E-state index contributed by atoms with van der Waals surface area (Å²) in [5, 5.41) is 0. The molecule has 50 heavy (non-hydrogen) atoms. The van der Waals surface area contributed by atoms with Crippen LogP contribution in [0.1, 0.15) is 230 Å². The van der Waals surface area contributed by atoms with Gasteiger partial charge in [-0.3, -0.25) is 0 Å². The highest BCUT2D eigenvalue weighted by molar-refractivity contribution is 5.68. The van der Waals surface area contributed by atoms with Crippen molar-refractivity contribution in [1.82, 2.24) is 0 Å². The van der Waals surface area contributed by atoms with Crippen LogP contribution in [0.2, 0.25) is 0 Å². The Bertz CT molecular complexity index is 910. The summed E-state index contributed by atoms with van der Waals surface area (Å²) in [7, 11) is 0. The lowest BCUT2D eigenvalue weighted by Crippen LogP contribution is -2.32. The van der Waals surface area contributed by atoms with E-state index in [1.54, 1.807) is 0 Å². The molecule has 0 amide bonds. The van der Waals surface area contributed by atoms with Crippen molar-refractivity contribution in [2.24, 2.45) is 0 Å². The fraction of sp³-hybridized carbons (Fsp3) is 0.750. The third kappa shape index (κ3) is 26.8. The SMILES string of the molecule is CCCCCCCCCCCCCCCCCC[n+]1ccc(/C=C/c2cc[n+](CCCCCCCCCCCCCCCCCC)cc2)cc1.